The molecule has 1 aliphatic heterocycles. The zero-order chi connectivity index (χ0) is 10.6. The van der Waals surface area contributed by atoms with Gasteiger partial charge in [0.15, 0.2) is 0 Å². The Morgan fingerprint density at radius 3 is 2.50 bits per heavy atom. The summed E-state index contributed by atoms with van der Waals surface area (Å²) in [4.78, 5) is 26.0. The number of nitroso groups, excluding NO2 is 1. The molecule has 0 aromatic rings. The second-order valence-corrected chi connectivity index (χ2v) is 4.73. The van der Waals surface area contributed by atoms with Gasteiger partial charge in [0.2, 0.25) is 0 Å². The first kappa shape index (κ1) is 11.5. The topological polar surface area (TPSA) is 55.7 Å². The Labute approximate surface area is 87.4 Å². The molecule has 0 atom stereocenters. The summed E-state index contributed by atoms with van der Waals surface area (Å²) in [7, 11) is 1.89. The zero-order valence-corrected chi connectivity index (χ0v) is 9.25. The predicted molar refractivity (Wildman–Crippen MR) is 54.1 cm³/mol. The van der Waals surface area contributed by atoms with E-state index in [0.717, 1.165) is 37.9 Å². The van der Waals surface area contributed by atoms with E-state index in [2.05, 4.69) is 4.58 Å². The van der Waals surface area contributed by atoms with Gasteiger partial charge in [-0.2, -0.15) is 0 Å². The molecule has 0 radical (unpaired) electrons. The summed E-state index contributed by atoms with van der Waals surface area (Å²) < 4.78 is 3.14. The van der Waals surface area contributed by atoms with Crippen LogP contribution in [0, 0.1) is 4.91 Å². The fraction of sp³-hybridized carbons (Fsp3) is 0.875. The second kappa shape index (κ2) is 4.75. The van der Waals surface area contributed by atoms with Crippen LogP contribution in [0.4, 0.5) is 0 Å². The van der Waals surface area contributed by atoms with E-state index in [1.54, 1.807) is 0 Å². The summed E-state index contributed by atoms with van der Waals surface area (Å²) in [5, 5.41) is 0.286. The van der Waals surface area contributed by atoms with Gasteiger partial charge in [-0.1, -0.05) is 0 Å². The predicted octanol–water partition coefficient (Wildman–Crippen LogP) is 1.49. The van der Waals surface area contributed by atoms with Crippen LogP contribution in [0.2, 0.25) is 0 Å². The molecule has 0 unspecified atom stereocenters. The number of rotatable bonds is 3. The van der Waals surface area contributed by atoms with Crippen molar-refractivity contribution in [2.75, 3.05) is 20.1 Å². The largest absolute Gasteiger partial charge is 0.363 e. The molecule has 0 saturated carbocycles. The van der Waals surface area contributed by atoms with Gasteiger partial charge in [-0.15, -0.1) is 9.55 Å². The van der Waals surface area contributed by atoms with Crippen LogP contribution in [0.15, 0.2) is 4.58 Å². The monoisotopic (exact) mass is 219 g/mol. The van der Waals surface area contributed by atoms with Crippen molar-refractivity contribution >= 4 is 17.9 Å². The maximum Gasteiger partial charge on any atom is 0.363 e. The lowest BCUT2D eigenvalue weighted by Gasteiger charge is -2.35. The first-order valence-corrected chi connectivity index (χ1v) is 5.42. The summed E-state index contributed by atoms with van der Waals surface area (Å²) in [5.74, 6) is -0.257. The van der Waals surface area contributed by atoms with Gasteiger partial charge in [0.1, 0.15) is 20.1 Å². The maximum absolute atomic E-state index is 10.8. The Morgan fingerprint density at radius 1 is 1.50 bits per heavy atom. The number of carbonyl (C=O) groups excluding carboxylic acids is 1. The van der Waals surface area contributed by atoms with Crippen molar-refractivity contribution in [2.45, 2.75) is 25.0 Å². The van der Waals surface area contributed by atoms with E-state index >= 15 is 0 Å². The summed E-state index contributed by atoms with van der Waals surface area (Å²) in [6, 6.07) is 0. The summed E-state index contributed by atoms with van der Waals surface area (Å²) in [6.07, 6.45) is 1.72. The van der Waals surface area contributed by atoms with Crippen LogP contribution in [0.25, 0.3) is 0 Å². The minimum absolute atomic E-state index is 0.257. The molecule has 0 aromatic heterocycles. The standard InChI is InChI=1S/C8H15N2O3S/c1-7(11)13-10(2)5-3-8(4-6-10)14-9-12/h8H,3-6H2,1-2H3/q+1. The van der Waals surface area contributed by atoms with Crippen molar-refractivity contribution < 1.29 is 14.3 Å². The number of piperidine rings is 1. The molecule has 5 nitrogen and oxygen atoms in total. The Balaban J connectivity index is 2.40. The van der Waals surface area contributed by atoms with E-state index in [1.807, 2.05) is 7.05 Å². The van der Waals surface area contributed by atoms with E-state index in [-0.39, 0.29) is 11.2 Å². The molecular formula is C8H15N2O3S+. The van der Waals surface area contributed by atoms with Gasteiger partial charge in [-0.25, -0.2) is 4.79 Å². The lowest BCUT2D eigenvalue weighted by molar-refractivity contribution is -1.08. The van der Waals surface area contributed by atoms with Gasteiger partial charge in [0, 0.05) is 41.5 Å². The lowest BCUT2D eigenvalue weighted by atomic mass is 10.1. The molecule has 0 spiro atoms. The van der Waals surface area contributed by atoms with Gasteiger partial charge in [0.05, 0.1) is 0 Å². The van der Waals surface area contributed by atoms with Crippen LogP contribution in [0.1, 0.15) is 19.8 Å². The summed E-state index contributed by atoms with van der Waals surface area (Å²) >= 11 is 1.09. The Bertz CT molecular complexity index is 227. The number of nitrogens with zero attached hydrogens (tertiary/aromatic N) is 2. The molecule has 0 aliphatic carbocycles. The van der Waals surface area contributed by atoms with Gasteiger partial charge >= 0.3 is 5.97 Å². The molecule has 80 valence electrons. The minimum atomic E-state index is -0.257. The SMILES string of the molecule is CC(=O)O[N+]1(C)CCC(SN=O)CC1. The molecular weight excluding hydrogens is 204 g/mol. The fourth-order valence-electron chi connectivity index (χ4n) is 1.66. The third-order valence-electron chi connectivity index (χ3n) is 2.39. The molecule has 0 amide bonds. The third-order valence-corrected chi connectivity index (χ3v) is 3.24. The van der Waals surface area contributed by atoms with E-state index in [4.69, 9.17) is 4.84 Å². The number of hydroxylamine groups is 3. The van der Waals surface area contributed by atoms with Crippen molar-refractivity contribution in [3.05, 3.63) is 4.91 Å². The van der Waals surface area contributed by atoms with Crippen molar-refractivity contribution in [1.82, 2.24) is 0 Å². The van der Waals surface area contributed by atoms with E-state index in [9.17, 15) is 9.70 Å². The van der Waals surface area contributed by atoms with Gasteiger partial charge in [0.25, 0.3) is 0 Å². The van der Waals surface area contributed by atoms with Gasteiger partial charge < -0.3 is 0 Å². The molecule has 1 rings (SSSR count). The number of quaternary nitrogens is 1. The Kier molecular flexibility index (Phi) is 3.88. The van der Waals surface area contributed by atoms with Crippen LogP contribution >= 0.6 is 11.9 Å². The Hall–Kier alpha value is -0.620. The highest BCUT2D eigenvalue weighted by molar-refractivity contribution is 7.98. The third kappa shape index (κ3) is 3.26. The van der Waals surface area contributed by atoms with Crippen molar-refractivity contribution in [3.63, 3.8) is 0 Å². The van der Waals surface area contributed by atoms with Crippen LogP contribution in [0.5, 0.6) is 0 Å². The smallest absolute Gasteiger partial charge is 0.277 e. The van der Waals surface area contributed by atoms with E-state index in [1.165, 1.54) is 6.92 Å². The molecule has 14 heavy (non-hydrogen) atoms. The first-order chi connectivity index (χ1) is 6.56. The highest BCUT2D eigenvalue weighted by Gasteiger charge is 2.34. The number of carbonyl (C=O) groups is 1. The average molecular weight is 219 g/mol. The number of hydrogen-bond donors (Lipinski definition) is 0. The average Bonchev–Trinajstić information content (AvgIpc) is 2.08. The van der Waals surface area contributed by atoms with Gasteiger partial charge in [-0.3, -0.25) is 4.84 Å². The highest BCUT2D eigenvalue weighted by atomic mass is 32.2. The molecule has 6 heteroatoms. The van der Waals surface area contributed by atoms with Crippen LogP contribution in [-0.4, -0.2) is 36.0 Å². The molecule has 1 fully saturated rings. The van der Waals surface area contributed by atoms with Crippen molar-refractivity contribution in [2.24, 2.45) is 4.58 Å². The quantitative estimate of drug-likeness (QED) is 0.410. The molecule has 0 N–H and O–H groups in total. The molecule has 1 aliphatic rings. The Morgan fingerprint density at radius 2 is 2.07 bits per heavy atom. The van der Waals surface area contributed by atoms with E-state index in [0.29, 0.717) is 4.65 Å². The second-order valence-electron chi connectivity index (χ2n) is 3.71. The molecule has 1 heterocycles. The van der Waals surface area contributed by atoms with Crippen molar-refractivity contribution in [3.8, 4) is 0 Å². The first-order valence-electron chi connectivity index (χ1n) is 4.59. The van der Waals surface area contributed by atoms with Crippen LogP contribution < -0.4 is 0 Å². The summed E-state index contributed by atoms with van der Waals surface area (Å²) in [5.41, 5.74) is 0. The van der Waals surface area contributed by atoms with E-state index < -0.39 is 0 Å². The fourth-order valence-corrected chi connectivity index (χ4v) is 2.20. The van der Waals surface area contributed by atoms with Crippen molar-refractivity contribution in [1.29, 1.82) is 0 Å². The normalized spacial score (nSPS) is 32.3. The summed E-state index contributed by atoms with van der Waals surface area (Å²) in [6.45, 7) is 2.93. The number of likely N-dealkylation sites (tertiary alicyclic amines) is 1. The van der Waals surface area contributed by atoms with Crippen LogP contribution in [-0.2, 0) is 9.63 Å². The molecule has 0 aromatic carbocycles. The molecule has 1 saturated heterocycles. The van der Waals surface area contributed by atoms with Crippen LogP contribution in [0.3, 0.4) is 0 Å². The lowest BCUT2D eigenvalue weighted by Crippen LogP contribution is -2.51. The van der Waals surface area contributed by atoms with Gasteiger partial charge in [-0.05, 0) is 0 Å². The molecule has 0 bridgehead atoms. The number of hydrogen-bond acceptors (Lipinski definition) is 5. The maximum atomic E-state index is 10.8. The minimum Gasteiger partial charge on any atom is -0.277 e. The highest BCUT2D eigenvalue weighted by Crippen LogP contribution is 2.27. The zero-order valence-electron chi connectivity index (χ0n) is 8.43.